The number of amides is 1. The number of hydrogen-bond donors (Lipinski definition) is 2. The fourth-order valence-electron chi connectivity index (χ4n) is 5.74. The van der Waals surface area contributed by atoms with Crippen molar-refractivity contribution in [3.63, 3.8) is 0 Å². The SMILES string of the molecule is CCOP(=O)(OCC)c1ccc2c(c1)/C(=C(/Nc1ccc(N(CCN3CCCCC3)S(C)(=O)=O)cc1)c1ccccc1)C(=O)N2. The number of benzene rings is 3. The van der Waals surface area contributed by atoms with Crippen molar-refractivity contribution in [2.45, 2.75) is 33.1 Å². The fourth-order valence-corrected chi connectivity index (χ4v) is 8.26. The van der Waals surface area contributed by atoms with Crippen LogP contribution in [0.3, 0.4) is 0 Å². The molecule has 1 fully saturated rings. The molecule has 10 nitrogen and oxygen atoms in total. The molecule has 0 unspecified atom stereocenters. The van der Waals surface area contributed by atoms with Crippen LogP contribution in [0.15, 0.2) is 72.8 Å². The summed E-state index contributed by atoms with van der Waals surface area (Å²) in [6.45, 7) is 6.94. The summed E-state index contributed by atoms with van der Waals surface area (Å²) in [4.78, 5) is 15.8. The minimum Gasteiger partial charge on any atom is -0.354 e. The molecule has 2 aliphatic rings. The van der Waals surface area contributed by atoms with Crippen molar-refractivity contribution in [2.24, 2.45) is 0 Å². The van der Waals surface area contributed by atoms with Crippen LogP contribution in [0.4, 0.5) is 17.1 Å². The van der Waals surface area contributed by atoms with Crippen LogP contribution in [0, 0.1) is 0 Å². The predicted octanol–water partition coefficient (Wildman–Crippen LogP) is 5.76. The summed E-state index contributed by atoms with van der Waals surface area (Å²) in [5, 5.41) is 6.70. The van der Waals surface area contributed by atoms with Gasteiger partial charge in [0, 0.05) is 30.0 Å². The van der Waals surface area contributed by atoms with Crippen molar-refractivity contribution in [3.8, 4) is 0 Å². The van der Waals surface area contributed by atoms with E-state index in [1.807, 2.05) is 30.3 Å². The number of piperidine rings is 1. The van der Waals surface area contributed by atoms with Crippen LogP contribution >= 0.6 is 7.60 Å². The van der Waals surface area contributed by atoms with Crippen molar-refractivity contribution >= 4 is 57.2 Å². The molecule has 12 heteroatoms. The lowest BCUT2D eigenvalue weighted by molar-refractivity contribution is -0.110. The molecule has 0 aliphatic carbocycles. The molecule has 0 saturated carbocycles. The molecule has 2 N–H and O–H groups in total. The molecule has 1 amide bonds. The van der Waals surface area contributed by atoms with Gasteiger partial charge in [-0.2, -0.15) is 0 Å². The van der Waals surface area contributed by atoms with E-state index in [4.69, 9.17) is 9.05 Å². The number of nitrogens with one attached hydrogen (secondary N) is 2. The minimum absolute atomic E-state index is 0.204. The van der Waals surface area contributed by atoms with Crippen LogP contribution in [-0.4, -0.2) is 64.9 Å². The standard InChI is InChI=1S/C33H41N4O6PS/c1-4-42-44(39,43-5-2)28-18-19-30-29(24-28)31(33(38)35-30)32(25-12-8-6-9-13-25)34-26-14-16-27(17-15-26)37(45(3,40)41)23-22-36-20-10-7-11-21-36/h6,8-9,12-19,24,34H,4-5,7,10-11,20-23H2,1-3H3,(H,35,38)/b32-31-. The van der Waals surface area contributed by atoms with Gasteiger partial charge in [0.2, 0.25) is 10.0 Å². The van der Waals surface area contributed by atoms with Crippen LogP contribution in [0.2, 0.25) is 0 Å². The Hall–Kier alpha value is -3.47. The maximum atomic E-state index is 13.6. The maximum Gasteiger partial charge on any atom is 0.361 e. The highest BCUT2D eigenvalue weighted by Crippen LogP contribution is 2.48. The van der Waals surface area contributed by atoms with Crippen molar-refractivity contribution in [3.05, 3.63) is 83.9 Å². The third kappa shape index (κ3) is 7.68. The number of nitrogens with zero attached hydrogens (tertiary/aromatic N) is 2. The minimum atomic E-state index is -3.60. The summed E-state index contributed by atoms with van der Waals surface area (Å²) < 4.78 is 51.7. The molecule has 2 heterocycles. The zero-order valence-electron chi connectivity index (χ0n) is 26.0. The second-order valence-corrected chi connectivity index (χ2v) is 15.0. The summed E-state index contributed by atoms with van der Waals surface area (Å²) in [7, 11) is -7.10. The number of hydrogen-bond acceptors (Lipinski definition) is 8. The normalized spacial score (nSPS) is 16.6. The summed E-state index contributed by atoms with van der Waals surface area (Å²) >= 11 is 0. The number of sulfonamides is 1. The number of rotatable bonds is 13. The number of carbonyl (C=O) groups is 1. The average Bonchev–Trinajstić information content (AvgIpc) is 3.36. The highest BCUT2D eigenvalue weighted by atomic mass is 32.2. The fraction of sp³-hybridized carbons (Fsp3) is 0.364. The molecule has 0 aromatic heterocycles. The van der Waals surface area contributed by atoms with Crippen molar-refractivity contribution in [1.29, 1.82) is 0 Å². The van der Waals surface area contributed by atoms with Gasteiger partial charge in [-0.15, -0.1) is 0 Å². The van der Waals surface area contributed by atoms with E-state index in [-0.39, 0.29) is 19.1 Å². The van der Waals surface area contributed by atoms with E-state index in [9.17, 15) is 17.8 Å². The Morgan fingerprint density at radius 3 is 2.24 bits per heavy atom. The highest BCUT2D eigenvalue weighted by Gasteiger charge is 2.33. The van der Waals surface area contributed by atoms with E-state index in [0.29, 0.717) is 52.3 Å². The quantitative estimate of drug-likeness (QED) is 0.177. The average molecular weight is 653 g/mol. The largest absolute Gasteiger partial charge is 0.361 e. The molecule has 45 heavy (non-hydrogen) atoms. The molecule has 3 aromatic rings. The lowest BCUT2D eigenvalue weighted by Crippen LogP contribution is -2.40. The third-order valence-electron chi connectivity index (χ3n) is 7.87. The first-order valence-electron chi connectivity index (χ1n) is 15.3. The Morgan fingerprint density at radius 2 is 1.62 bits per heavy atom. The lowest BCUT2D eigenvalue weighted by atomic mass is 10.00. The Balaban J connectivity index is 1.50. The number of likely N-dealkylation sites (tertiary alicyclic amines) is 1. The van der Waals surface area contributed by atoms with Gasteiger partial charge in [-0.25, -0.2) is 8.42 Å². The van der Waals surface area contributed by atoms with E-state index in [1.54, 1.807) is 56.3 Å². The molecular weight excluding hydrogens is 611 g/mol. The number of fused-ring (bicyclic) bond motifs is 1. The van der Waals surface area contributed by atoms with Crippen LogP contribution in [0.1, 0.15) is 44.2 Å². The first kappa shape index (κ1) is 32.9. The first-order valence-corrected chi connectivity index (χ1v) is 18.7. The zero-order chi connectivity index (χ0) is 32.0. The van der Waals surface area contributed by atoms with Gasteiger partial charge in [-0.3, -0.25) is 13.7 Å². The monoisotopic (exact) mass is 652 g/mol. The lowest BCUT2D eigenvalue weighted by Gasteiger charge is -2.30. The Kier molecular flexibility index (Phi) is 10.5. The van der Waals surface area contributed by atoms with Crippen LogP contribution in [0.5, 0.6) is 0 Å². The summed E-state index contributed by atoms with van der Waals surface area (Å²) in [5.74, 6) is -0.311. The van der Waals surface area contributed by atoms with Gasteiger partial charge in [-0.1, -0.05) is 36.8 Å². The molecule has 1 saturated heterocycles. The van der Waals surface area contributed by atoms with Gasteiger partial charge in [0.1, 0.15) is 0 Å². The number of carbonyl (C=O) groups excluding carboxylic acids is 1. The van der Waals surface area contributed by atoms with E-state index in [0.717, 1.165) is 31.5 Å². The Labute approximate surface area is 266 Å². The van der Waals surface area contributed by atoms with Gasteiger partial charge in [0.15, 0.2) is 0 Å². The van der Waals surface area contributed by atoms with Crippen molar-refractivity contribution < 1.29 is 26.8 Å². The van der Waals surface area contributed by atoms with E-state index in [1.165, 1.54) is 17.0 Å². The molecule has 240 valence electrons. The predicted molar refractivity (Wildman–Crippen MR) is 181 cm³/mol. The molecule has 0 radical (unpaired) electrons. The van der Waals surface area contributed by atoms with Crippen molar-refractivity contribution in [1.82, 2.24) is 4.90 Å². The molecule has 0 atom stereocenters. The summed E-state index contributed by atoms with van der Waals surface area (Å²) in [6, 6.07) is 21.7. The van der Waals surface area contributed by atoms with Gasteiger partial charge < -0.3 is 24.6 Å². The van der Waals surface area contributed by atoms with Gasteiger partial charge in [0.05, 0.1) is 41.7 Å². The van der Waals surface area contributed by atoms with E-state index < -0.39 is 17.6 Å². The summed E-state index contributed by atoms with van der Waals surface area (Å²) in [5.41, 5.74) is 4.08. The topological polar surface area (TPSA) is 117 Å². The van der Waals surface area contributed by atoms with Crippen LogP contribution in [-0.2, 0) is 28.4 Å². The second kappa shape index (κ2) is 14.3. The zero-order valence-corrected chi connectivity index (χ0v) is 27.7. The van der Waals surface area contributed by atoms with Gasteiger partial charge >= 0.3 is 7.60 Å². The molecule has 2 aliphatic heterocycles. The number of anilines is 3. The Morgan fingerprint density at radius 1 is 0.956 bits per heavy atom. The van der Waals surface area contributed by atoms with Gasteiger partial charge in [0.25, 0.3) is 5.91 Å². The smallest absolute Gasteiger partial charge is 0.354 e. The first-order chi connectivity index (χ1) is 21.6. The molecule has 5 rings (SSSR count). The van der Waals surface area contributed by atoms with Crippen LogP contribution in [0.25, 0.3) is 11.3 Å². The molecule has 3 aromatic carbocycles. The molecular formula is C33H41N4O6PS. The third-order valence-corrected chi connectivity index (χ3v) is 11.2. The van der Waals surface area contributed by atoms with Crippen LogP contribution < -0.4 is 20.2 Å². The summed E-state index contributed by atoms with van der Waals surface area (Å²) in [6.07, 6.45) is 4.73. The molecule has 0 spiro atoms. The van der Waals surface area contributed by atoms with E-state index in [2.05, 4.69) is 15.5 Å². The van der Waals surface area contributed by atoms with E-state index >= 15 is 0 Å². The van der Waals surface area contributed by atoms with Gasteiger partial charge in [-0.05, 0) is 87.8 Å². The molecule has 0 bridgehead atoms. The van der Waals surface area contributed by atoms with Crippen molar-refractivity contribution in [2.75, 3.05) is 60.6 Å². The Bertz CT molecular complexity index is 1680. The second-order valence-electron chi connectivity index (χ2n) is 11.0. The maximum absolute atomic E-state index is 13.6. The highest BCUT2D eigenvalue weighted by molar-refractivity contribution is 7.92.